The van der Waals surface area contributed by atoms with Gasteiger partial charge in [0, 0.05) is 34.8 Å². The second-order valence-corrected chi connectivity index (χ2v) is 6.95. The molecule has 1 amide bonds. The number of ether oxygens (including phenoxy) is 1. The van der Waals surface area contributed by atoms with Gasteiger partial charge in [-0.2, -0.15) is 0 Å². The van der Waals surface area contributed by atoms with E-state index in [0.717, 1.165) is 22.2 Å². The minimum absolute atomic E-state index is 0.0184. The van der Waals surface area contributed by atoms with Gasteiger partial charge in [0.1, 0.15) is 0 Å². The van der Waals surface area contributed by atoms with Crippen molar-refractivity contribution in [2.45, 2.75) is 26.4 Å². The zero-order valence-corrected chi connectivity index (χ0v) is 17.0. The number of esters is 1. The third-order valence-electron chi connectivity index (χ3n) is 4.67. The highest BCUT2D eigenvalue weighted by Gasteiger charge is 2.24. The van der Waals surface area contributed by atoms with Crippen LogP contribution in [0.2, 0.25) is 0 Å². The quantitative estimate of drug-likeness (QED) is 0.339. The number of hydrogen-bond acceptors (Lipinski definition) is 4. The summed E-state index contributed by atoms with van der Waals surface area (Å²) in [5, 5.41) is 3.44. The number of aromatic nitrogens is 1. The monoisotopic (exact) mass is 404 g/mol. The van der Waals surface area contributed by atoms with E-state index in [1.54, 1.807) is 13.0 Å². The van der Waals surface area contributed by atoms with Crippen molar-refractivity contribution in [1.82, 2.24) is 10.3 Å². The molecule has 154 valence electrons. The van der Waals surface area contributed by atoms with Gasteiger partial charge < -0.3 is 15.0 Å². The van der Waals surface area contributed by atoms with Crippen LogP contribution in [0.5, 0.6) is 0 Å². The van der Waals surface area contributed by atoms with Crippen LogP contribution in [0.25, 0.3) is 17.0 Å². The molecule has 0 fully saturated rings. The van der Waals surface area contributed by atoms with Gasteiger partial charge in [0.25, 0.3) is 0 Å². The van der Waals surface area contributed by atoms with E-state index < -0.39 is 12.1 Å². The maximum absolute atomic E-state index is 12.8. The fourth-order valence-electron chi connectivity index (χ4n) is 3.19. The molecule has 0 saturated heterocycles. The van der Waals surface area contributed by atoms with Crippen LogP contribution in [0.15, 0.2) is 60.7 Å². The van der Waals surface area contributed by atoms with Crippen molar-refractivity contribution in [3.8, 4) is 0 Å². The summed E-state index contributed by atoms with van der Waals surface area (Å²) >= 11 is 0. The highest BCUT2D eigenvalue weighted by molar-refractivity contribution is 6.11. The van der Waals surface area contributed by atoms with Crippen LogP contribution in [-0.2, 0) is 14.3 Å². The molecule has 0 unspecified atom stereocenters. The third-order valence-corrected chi connectivity index (χ3v) is 4.67. The van der Waals surface area contributed by atoms with Gasteiger partial charge >= 0.3 is 5.97 Å². The molecule has 0 aliphatic rings. The largest absolute Gasteiger partial charge is 0.454 e. The lowest BCUT2D eigenvalue weighted by Gasteiger charge is -2.12. The number of hydrogen-bond donors (Lipinski definition) is 2. The van der Waals surface area contributed by atoms with E-state index in [4.69, 9.17) is 4.74 Å². The first kappa shape index (κ1) is 21.0. The molecule has 0 bridgehead atoms. The van der Waals surface area contributed by atoms with Crippen molar-refractivity contribution in [1.29, 1.82) is 0 Å². The molecule has 1 aromatic heterocycles. The maximum Gasteiger partial charge on any atom is 0.308 e. The number of nitrogens with one attached hydrogen (secondary N) is 2. The van der Waals surface area contributed by atoms with Gasteiger partial charge in [-0.15, -0.1) is 0 Å². The van der Waals surface area contributed by atoms with Crippen LogP contribution in [0.1, 0.15) is 35.0 Å². The smallest absolute Gasteiger partial charge is 0.308 e. The first-order valence-electron chi connectivity index (χ1n) is 9.77. The van der Waals surface area contributed by atoms with Crippen LogP contribution in [0, 0.1) is 6.92 Å². The standard InChI is InChI=1S/C24H24N2O4/c1-16-23(19-10-6-7-11-20(19)26-16)24(29)17(2)30-22(28)14-15-25-21(27)13-12-18-8-4-3-5-9-18/h3-13,17,26H,14-15H2,1-2H3,(H,25,27)/b13-12+/t17-/m0/s1. The van der Waals surface area contributed by atoms with Crippen LogP contribution >= 0.6 is 0 Å². The Hall–Kier alpha value is -3.67. The summed E-state index contributed by atoms with van der Waals surface area (Å²) in [4.78, 5) is 39.9. The predicted molar refractivity (Wildman–Crippen MR) is 116 cm³/mol. The fourth-order valence-corrected chi connectivity index (χ4v) is 3.19. The van der Waals surface area contributed by atoms with Crippen LogP contribution < -0.4 is 5.32 Å². The number of H-pyrrole nitrogens is 1. The molecule has 0 spiro atoms. The number of benzene rings is 2. The number of aryl methyl sites for hydroxylation is 1. The molecule has 30 heavy (non-hydrogen) atoms. The average molecular weight is 404 g/mol. The van der Waals surface area contributed by atoms with Gasteiger partial charge in [-0.25, -0.2) is 0 Å². The van der Waals surface area contributed by atoms with E-state index in [0.29, 0.717) is 5.56 Å². The lowest BCUT2D eigenvalue weighted by Crippen LogP contribution is -2.28. The Morgan fingerprint density at radius 2 is 1.77 bits per heavy atom. The molecule has 2 N–H and O–H groups in total. The molecule has 0 saturated carbocycles. The van der Waals surface area contributed by atoms with E-state index in [-0.39, 0.29) is 24.7 Å². The molecular formula is C24H24N2O4. The molecule has 0 aliphatic heterocycles. The van der Waals surface area contributed by atoms with Gasteiger partial charge in [0.2, 0.25) is 11.7 Å². The van der Waals surface area contributed by atoms with Crippen LogP contribution in [0.3, 0.4) is 0 Å². The molecule has 6 nitrogen and oxygen atoms in total. The van der Waals surface area contributed by atoms with Gasteiger partial charge in [-0.3, -0.25) is 14.4 Å². The first-order valence-corrected chi connectivity index (χ1v) is 9.77. The van der Waals surface area contributed by atoms with Crippen molar-refractivity contribution in [3.05, 3.63) is 77.5 Å². The number of rotatable bonds is 8. The van der Waals surface area contributed by atoms with E-state index in [9.17, 15) is 14.4 Å². The number of ketones is 1. The van der Waals surface area contributed by atoms with Crippen molar-refractivity contribution in [2.75, 3.05) is 6.54 Å². The van der Waals surface area contributed by atoms with Gasteiger partial charge in [-0.1, -0.05) is 48.5 Å². The molecule has 2 aromatic carbocycles. The van der Waals surface area contributed by atoms with E-state index in [2.05, 4.69) is 10.3 Å². The third kappa shape index (κ3) is 5.23. The van der Waals surface area contributed by atoms with Crippen molar-refractivity contribution in [2.24, 2.45) is 0 Å². The Labute approximate surface area is 174 Å². The summed E-state index contributed by atoms with van der Waals surface area (Å²) in [5.74, 6) is -1.10. The zero-order chi connectivity index (χ0) is 21.5. The lowest BCUT2D eigenvalue weighted by atomic mass is 10.0. The topological polar surface area (TPSA) is 88.3 Å². The Balaban J connectivity index is 1.48. The molecule has 6 heteroatoms. The molecule has 0 aliphatic carbocycles. The molecule has 3 rings (SSSR count). The highest BCUT2D eigenvalue weighted by Crippen LogP contribution is 2.23. The number of carbonyl (C=O) groups excluding carboxylic acids is 3. The molecular weight excluding hydrogens is 380 g/mol. The predicted octanol–water partition coefficient (Wildman–Crippen LogP) is 3.81. The lowest BCUT2D eigenvalue weighted by molar-refractivity contribution is -0.146. The zero-order valence-electron chi connectivity index (χ0n) is 17.0. The van der Waals surface area contributed by atoms with Crippen molar-refractivity contribution in [3.63, 3.8) is 0 Å². The van der Waals surface area contributed by atoms with Crippen LogP contribution in [-0.4, -0.2) is 35.3 Å². The highest BCUT2D eigenvalue weighted by atomic mass is 16.5. The Morgan fingerprint density at radius 1 is 1.07 bits per heavy atom. The number of fused-ring (bicyclic) bond motifs is 1. The summed E-state index contributed by atoms with van der Waals surface area (Å²) in [6.45, 7) is 3.51. The van der Waals surface area contributed by atoms with Gasteiger partial charge in [0.05, 0.1) is 6.42 Å². The summed E-state index contributed by atoms with van der Waals surface area (Å²) in [5.41, 5.74) is 3.04. The summed E-state index contributed by atoms with van der Waals surface area (Å²) in [6, 6.07) is 16.9. The minimum atomic E-state index is -0.913. The second-order valence-electron chi connectivity index (χ2n) is 6.95. The molecule has 0 radical (unpaired) electrons. The second kappa shape index (κ2) is 9.69. The van der Waals surface area contributed by atoms with Crippen molar-refractivity contribution >= 4 is 34.6 Å². The van der Waals surface area contributed by atoms with Crippen molar-refractivity contribution < 1.29 is 19.1 Å². The first-order chi connectivity index (χ1) is 14.5. The number of carbonyl (C=O) groups is 3. The maximum atomic E-state index is 12.8. The van der Waals surface area contributed by atoms with E-state index >= 15 is 0 Å². The van der Waals surface area contributed by atoms with Gasteiger partial charge in [-0.05, 0) is 31.6 Å². The minimum Gasteiger partial charge on any atom is -0.454 e. The Morgan fingerprint density at radius 3 is 2.53 bits per heavy atom. The number of para-hydroxylation sites is 1. The Bertz CT molecular complexity index is 1080. The molecule has 1 atom stereocenters. The normalized spacial score (nSPS) is 12.1. The number of Topliss-reactive ketones (excluding diaryl/α,β-unsaturated/α-hetero) is 1. The Kier molecular flexibility index (Phi) is 6.80. The van der Waals surface area contributed by atoms with Gasteiger partial charge in [0.15, 0.2) is 6.10 Å². The summed E-state index contributed by atoms with van der Waals surface area (Å²) < 4.78 is 5.28. The van der Waals surface area contributed by atoms with E-state index in [1.807, 2.05) is 61.5 Å². The fraction of sp³-hybridized carbons (Fsp3) is 0.208. The van der Waals surface area contributed by atoms with Crippen LogP contribution in [0.4, 0.5) is 0 Å². The summed E-state index contributed by atoms with van der Waals surface area (Å²) in [6.07, 6.45) is 2.17. The number of aromatic amines is 1. The average Bonchev–Trinajstić information content (AvgIpc) is 3.08. The SMILES string of the molecule is Cc1[nH]c2ccccc2c1C(=O)[C@H](C)OC(=O)CCNC(=O)/C=C/c1ccccc1. The van der Waals surface area contributed by atoms with E-state index in [1.165, 1.54) is 6.08 Å². The number of amides is 1. The summed E-state index contributed by atoms with van der Waals surface area (Å²) in [7, 11) is 0. The molecule has 1 heterocycles. The molecule has 3 aromatic rings.